The summed E-state index contributed by atoms with van der Waals surface area (Å²) < 4.78 is 12.7. The Kier molecular flexibility index (Phi) is 8.04. The van der Waals surface area contributed by atoms with Crippen LogP contribution in [0, 0.1) is 0 Å². The average Bonchev–Trinajstić information content (AvgIpc) is 3.63. The zero-order valence-electron chi connectivity index (χ0n) is 20.9. The number of carbonyl (C=O) groups excluding carboxylic acids is 2. The lowest BCUT2D eigenvalue weighted by Crippen LogP contribution is -2.40. The molecule has 0 spiro atoms. The lowest BCUT2D eigenvalue weighted by atomic mass is 10.1. The van der Waals surface area contributed by atoms with Crippen LogP contribution in [0.5, 0.6) is 5.75 Å². The minimum atomic E-state index is -0.391. The van der Waals surface area contributed by atoms with E-state index in [9.17, 15) is 9.59 Å². The van der Waals surface area contributed by atoms with Gasteiger partial charge in [-0.3, -0.25) is 9.59 Å². The molecule has 8 nitrogen and oxygen atoms in total. The van der Waals surface area contributed by atoms with E-state index in [0.717, 1.165) is 11.3 Å². The molecule has 2 aromatic heterocycles. The highest BCUT2D eigenvalue weighted by molar-refractivity contribution is 6.30. The molecule has 39 heavy (non-hydrogen) atoms. The highest BCUT2D eigenvalue weighted by atomic mass is 35.5. The van der Waals surface area contributed by atoms with Gasteiger partial charge in [0.1, 0.15) is 23.9 Å². The first-order valence-corrected chi connectivity index (χ1v) is 12.6. The predicted molar refractivity (Wildman–Crippen MR) is 149 cm³/mol. The monoisotopic (exact) mass is 540 g/mol. The lowest BCUT2D eigenvalue weighted by molar-refractivity contribution is -0.137. The van der Waals surface area contributed by atoms with E-state index in [2.05, 4.69) is 5.32 Å². The molecule has 0 radical (unpaired) electrons. The predicted octanol–water partition coefficient (Wildman–Crippen LogP) is 5.83. The third-order valence-electron chi connectivity index (χ3n) is 5.84. The van der Waals surface area contributed by atoms with E-state index in [1.54, 1.807) is 41.1 Å². The van der Waals surface area contributed by atoms with Gasteiger partial charge in [-0.1, -0.05) is 60.1 Å². The van der Waals surface area contributed by atoms with Crippen LogP contribution in [0.25, 0.3) is 16.9 Å². The number of nitrogens with zero attached hydrogens (tertiary/aromatic N) is 3. The lowest BCUT2D eigenvalue weighted by Gasteiger charge is -2.21. The molecular formula is C30H25ClN4O4. The molecule has 0 unspecified atom stereocenters. The Bertz CT molecular complexity index is 1520. The van der Waals surface area contributed by atoms with E-state index in [-0.39, 0.29) is 25.6 Å². The van der Waals surface area contributed by atoms with Gasteiger partial charge in [0.2, 0.25) is 5.91 Å². The van der Waals surface area contributed by atoms with Crippen LogP contribution in [0.1, 0.15) is 5.76 Å². The molecule has 0 saturated heterocycles. The molecule has 5 aromatic rings. The Hall–Kier alpha value is -4.82. The Balaban J connectivity index is 1.34. The molecule has 0 aliphatic rings. The molecule has 0 saturated carbocycles. The smallest absolute Gasteiger partial charge is 0.261 e. The number of anilines is 1. The SMILES string of the molecule is O=C(CN(Cc1ccco1)C(=O)COc1ccc(Cl)cc1)Nc1cc(-c2ccccc2)nn1-c1ccccc1. The van der Waals surface area contributed by atoms with Gasteiger partial charge in [-0.2, -0.15) is 5.10 Å². The number of para-hydroxylation sites is 1. The van der Waals surface area contributed by atoms with Gasteiger partial charge in [0.25, 0.3) is 5.91 Å². The van der Waals surface area contributed by atoms with Crippen LogP contribution in [-0.4, -0.2) is 39.6 Å². The average molecular weight is 541 g/mol. The third kappa shape index (κ3) is 6.74. The van der Waals surface area contributed by atoms with Crippen LogP contribution in [0.4, 0.5) is 5.82 Å². The molecule has 0 aliphatic heterocycles. The molecule has 2 heterocycles. The molecule has 3 aromatic carbocycles. The summed E-state index contributed by atoms with van der Waals surface area (Å²) in [5.41, 5.74) is 2.40. The first kappa shape index (κ1) is 25.8. The van der Waals surface area contributed by atoms with E-state index < -0.39 is 5.91 Å². The number of carbonyl (C=O) groups is 2. The van der Waals surface area contributed by atoms with Gasteiger partial charge in [0.05, 0.1) is 24.2 Å². The summed E-state index contributed by atoms with van der Waals surface area (Å²) in [6, 6.07) is 31.2. The van der Waals surface area contributed by atoms with Gasteiger partial charge in [-0.15, -0.1) is 0 Å². The van der Waals surface area contributed by atoms with Crippen molar-refractivity contribution in [3.63, 3.8) is 0 Å². The zero-order valence-corrected chi connectivity index (χ0v) is 21.6. The fourth-order valence-electron chi connectivity index (χ4n) is 3.93. The van der Waals surface area contributed by atoms with E-state index in [0.29, 0.717) is 28.0 Å². The number of rotatable bonds is 10. The summed E-state index contributed by atoms with van der Waals surface area (Å²) >= 11 is 5.92. The quantitative estimate of drug-likeness (QED) is 0.241. The van der Waals surface area contributed by atoms with Gasteiger partial charge in [0.15, 0.2) is 6.61 Å². The van der Waals surface area contributed by atoms with E-state index in [4.69, 9.17) is 25.9 Å². The Morgan fingerprint density at radius 1 is 0.923 bits per heavy atom. The molecule has 0 fully saturated rings. The van der Waals surface area contributed by atoms with Crippen LogP contribution in [-0.2, 0) is 16.1 Å². The molecule has 9 heteroatoms. The van der Waals surface area contributed by atoms with Gasteiger partial charge >= 0.3 is 0 Å². The minimum absolute atomic E-state index is 0.108. The summed E-state index contributed by atoms with van der Waals surface area (Å²) in [7, 11) is 0. The number of hydrogen-bond donors (Lipinski definition) is 1. The number of benzene rings is 3. The second kappa shape index (κ2) is 12.1. The molecule has 1 N–H and O–H groups in total. The molecular weight excluding hydrogens is 516 g/mol. The maximum Gasteiger partial charge on any atom is 0.261 e. The normalized spacial score (nSPS) is 10.7. The number of ether oxygens (including phenoxy) is 1. The Labute approximate surface area is 230 Å². The van der Waals surface area contributed by atoms with Crippen LogP contribution in [0.15, 0.2) is 114 Å². The number of nitrogens with one attached hydrogen (secondary N) is 1. The van der Waals surface area contributed by atoms with E-state index in [1.165, 1.54) is 11.2 Å². The van der Waals surface area contributed by atoms with E-state index in [1.807, 2.05) is 66.7 Å². The van der Waals surface area contributed by atoms with Gasteiger partial charge < -0.3 is 19.4 Å². The van der Waals surface area contributed by atoms with Crippen LogP contribution in [0.3, 0.4) is 0 Å². The Morgan fingerprint density at radius 2 is 1.64 bits per heavy atom. The van der Waals surface area contributed by atoms with Crippen LogP contribution in [0.2, 0.25) is 5.02 Å². The largest absolute Gasteiger partial charge is 0.484 e. The number of furan rings is 1. The fourth-order valence-corrected chi connectivity index (χ4v) is 4.06. The van der Waals surface area contributed by atoms with Crippen molar-refractivity contribution in [3.05, 3.63) is 120 Å². The highest BCUT2D eigenvalue weighted by Gasteiger charge is 2.21. The zero-order chi connectivity index (χ0) is 27.0. The molecule has 0 bridgehead atoms. The standard InChI is InChI=1S/C30H25ClN4O4/c31-23-13-15-25(16-14-23)39-21-30(37)34(19-26-12-7-17-38-26)20-29(36)32-28-18-27(22-8-3-1-4-9-22)33-35(28)24-10-5-2-6-11-24/h1-18H,19-21H2,(H,32,36). The van der Waals surface area contributed by atoms with Crippen LogP contribution >= 0.6 is 11.6 Å². The van der Waals surface area contributed by atoms with Crippen molar-refractivity contribution >= 4 is 29.2 Å². The first-order chi connectivity index (χ1) is 19.0. The van der Waals surface area contributed by atoms with Gasteiger partial charge in [-0.05, 0) is 48.5 Å². The van der Waals surface area contributed by atoms with Crippen molar-refractivity contribution in [2.45, 2.75) is 6.54 Å². The summed E-state index contributed by atoms with van der Waals surface area (Å²) in [4.78, 5) is 27.8. The van der Waals surface area contributed by atoms with Crippen molar-refractivity contribution in [2.75, 3.05) is 18.5 Å². The van der Waals surface area contributed by atoms with Crippen molar-refractivity contribution in [1.82, 2.24) is 14.7 Å². The third-order valence-corrected chi connectivity index (χ3v) is 6.09. The fraction of sp³-hybridized carbons (Fsp3) is 0.100. The molecule has 0 aliphatic carbocycles. The second-order valence-electron chi connectivity index (χ2n) is 8.65. The van der Waals surface area contributed by atoms with Gasteiger partial charge in [0, 0.05) is 16.7 Å². The first-order valence-electron chi connectivity index (χ1n) is 12.2. The van der Waals surface area contributed by atoms with E-state index >= 15 is 0 Å². The number of amides is 2. The van der Waals surface area contributed by atoms with Crippen molar-refractivity contribution < 1.29 is 18.7 Å². The topological polar surface area (TPSA) is 89.6 Å². The summed E-state index contributed by atoms with van der Waals surface area (Å²) in [6.45, 7) is -0.365. The maximum atomic E-state index is 13.3. The molecule has 5 rings (SSSR count). The summed E-state index contributed by atoms with van der Waals surface area (Å²) in [6.07, 6.45) is 1.52. The number of halogens is 1. The van der Waals surface area contributed by atoms with Gasteiger partial charge in [-0.25, -0.2) is 4.68 Å². The van der Waals surface area contributed by atoms with Crippen molar-refractivity contribution in [1.29, 1.82) is 0 Å². The summed E-state index contributed by atoms with van der Waals surface area (Å²) in [5, 5.41) is 8.22. The molecule has 0 atom stereocenters. The number of aromatic nitrogens is 2. The molecule has 2 amide bonds. The van der Waals surface area contributed by atoms with Crippen molar-refractivity contribution in [3.8, 4) is 22.7 Å². The molecule has 196 valence electrons. The second-order valence-corrected chi connectivity index (χ2v) is 9.08. The maximum absolute atomic E-state index is 13.3. The van der Waals surface area contributed by atoms with Crippen LogP contribution < -0.4 is 10.1 Å². The Morgan fingerprint density at radius 3 is 2.33 bits per heavy atom. The number of hydrogen-bond acceptors (Lipinski definition) is 5. The summed E-state index contributed by atoms with van der Waals surface area (Å²) in [5.74, 6) is 0.752. The highest BCUT2D eigenvalue weighted by Crippen LogP contribution is 2.25. The van der Waals surface area contributed by atoms with Crippen molar-refractivity contribution in [2.24, 2.45) is 0 Å². The minimum Gasteiger partial charge on any atom is -0.484 e.